The predicted octanol–water partition coefficient (Wildman–Crippen LogP) is 3.73. The number of nitrogens with one attached hydrogen (secondary N) is 1. The molecule has 0 spiro atoms. The summed E-state index contributed by atoms with van der Waals surface area (Å²) >= 11 is 5.85. The van der Waals surface area contributed by atoms with Crippen LogP contribution in [0.5, 0.6) is 0 Å². The van der Waals surface area contributed by atoms with Gasteiger partial charge in [0.1, 0.15) is 5.76 Å². The average molecular weight is 348 g/mol. The first-order valence-electron chi connectivity index (χ1n) is 8.66. The lowest BCUT2D eigenvalue weighted by Crippen LogP contribution is -2.40. The van der Waals surface area contributed by atoms with Gasteiger partial charge in [0, 0.05) is 12.2 Å². The topological polar surface area (TPSA) is 60.1 Å². The van der Waals surface area contributed by atoms with Crippen molar-refractivity contribution >= 4 is 17.5 Å². The standard InChI is InChI=1S/C18H22ClN3O2/c1-11(16-7-12-2-3-13(16)6-12)21-18(23)17-5-4-15(24-17)10-22-9-14(19)8-20-22/h4-5,8-9,11-13,16H,2-3,6-7,10H2,1H3,(H,21,23)/t11-,12-,13-,16+/m1/s1. The number of aromatic nitrogens is 2. The van der Waals surface area contributed by atoms with Gasteiger partial charge in [-0.15, -0.1) is 0 Å². The highest BCUT2D eigenvalue weighted by molar-refractivity contribution is 6.30. The number of amides is 1. The smallest absolute Gasteiger partial charge is 0.287 e. The largest absolute Gasteiger partial charge is 0.454 e. The number of nitrogens with zero attached hydrogens (tertiary/aromatic N) is 2. The zero-order chi connectivity index (χ0) is 16.7. The Morgan fingerprint density at radius 2 is 2.33 bits per heavy atom. The Morgan fingerprint density at radius 1 is 1.46 bits per heavy atom. The molecule has 0 aromatic carbocycles. The molecule has 0 unspecified atom stereocenters. The average Bonchev–Trinajstić information content (AvgIpc) is 3.31. The molecule has 1 amide bonds. The summed E-state index contributed by atoms with van der Waals surface area (Å²) < 4.78 is 7.35. The molecular weight excluding hydrogens is 326 g/mol. The summed E-state index contributed by atoms with van der Waals surface area (Å²) in [6.07, 6.45) is 8.61. The Balaban J connectivity index is 1.36. The molecule has 1 N–H and O–H groups in total. The second kappa shape index (κ2) is 6.28. The zero-order valence-corrected chi connectivity index (χ0v) is 14.5. The van der Waals surface area contributed by atoms with Crippen molar-refractivity contribution < 1.29 is 9.21 Å². The highest BCUT2D eigenvalue weighted by Gasteiger charge is 2.42. The van der Waals surface area contributed by atoms with Crippen molar-refractivity contribution in [3.63, 3.8) is 0 Å². The number of halogens is 1. The van der Waals surface area contributed by atoms with E-state index >= 15 is 0 Å². The van der Waals surface area contributed by atoms with Crippen molar-refractivity contribution in [2.45, 2.75) is 45.2 Å². The van der Waals surface area contributed by atoms with Gasteiger partial charge in [0.25, 0.3) is 5.91 Å². The third-order valence-corrected chi connectivity index (χ3v) is 5.79. The highest BCUT2D eigenvalue weighted by Crippen LogP contribution is 2.49. The molecule has 24 heavy (non-hydrogen) atoms. The van der Waals surface area contributed by atoms with Crippen LogP contribution in [0.15, 0.2) is 28.9 Å². The second-order valence-corrected chi connectivity index (χ2v) is 7.66. The number of hydrogen-bond donors (Lipinski definition) is 1. The fraction of sp³-hybridized carbons (Fsp3) is 0.556. The number of rotatable bonds is 5. The fourth-order valence-electron chi connectivity index (χ4n) is 4.46. The molecule has 2 heterocycles. The van der Waals surface area contributed by atoms with Crippen LogP contribution in [0, 0.1) is 17.8 Å². The maximum absolute atomic E-state index is 12.4. The third-order valence-electron chi connectivity index (χ3n) is 5.60. The van der Waals surface area contributed by atoms with Crippen LogP contribution in [0.1, 0.15) is 48.9 Å². The number of furan rings is 1. The third kappa shape index (κ3) is 3.09. The Kier molecular flexibility index (Phi) is 4.12. The van der Waals surface area contributed by atoms with E-state index in [2.05, 4.69) is 17.3 Å². The minimum Gasteiger partial charge on any atom is -0.454 e. The monoisotopic (exact) mass is 347 g/mol. The van der Waals surface area contributed by atoms with Gasteiger partial charge in [-0.25, -0.2) is 0 Å². The van der Waals surface area contributed by atoms with Crippen LogP contribution in [0.4, 0.5) is 0 Å². The molecule has 2 bridgehead atoms. The first-order valence-corrected chi connectivity index (χ1v) is 9.04. The second-order valence-electron chi connectivity index (χ2n) is 7.22. The van der Waals surface area contributed by atoms with Crippen LogP contribution in [0.2, 0.25) is 5.02 Å². The predicted molar refractivity (Wildman–Crippen MR) is 90.9 cm³/mol. The Labute approximate surface area is 146 Å². The van der Waals surface area contributed by atoms with E-state index in [9.17, 15) is 4.79 Å². The SMILES string of the molecule is C[C@@H](NC(=O)c1ccc(Cn2cc(Cl)cn2)o1)[C@@H]1C[C@@H]2CC[C@@H]1C2. The van der Waals surface area contributed by atoms with Crippen molar-refractivity contribution in [1.29, 1.82) is 0 Å². The molecule has 0 radical (unpaired) electrons. The summed E-state index contributed by atoms with van der Waals surface area (Å²) in [6, 6.07) is 3.74. The molecule has 128 valence electrons. The minimum atomic E-state index is -0.130. The van der Waals surface area contributed by atoms with Gasteiger partial charge < -0.3 is 9.73 Å². The van der Waals surface area contributed by atoms with E-state index in [1.54, 1.807) is 23.1 Å². The first-order chi connectivity index (χ1) is 11.6. The van der Waals surface area contributed by atoms with Crippen molar-refractivity contribution in [2.24, 2.45) is 17.8 Å². The molecule has 0 saturated heterocycles. The molecule has 2 aromatic rings. The Hall–Kier alpha value is -1.75. The van der Waals surface area contributed by atoms with E-state index in [0.29, 0.717) is 29.0 Å². The Bertz CT molecular complexity index is 738. The molecule has 2 aliphatic rings. The van der Waals surface area contributed by atoms with E-state index < -0.39 is 0 Å². The van der Waals surface area contributed by atoms with Gasteiger partial charge in [-0.1, -0.05) is 18.0 Å². The summed E-state index contributed by atoms with van der Waals surface area (Å²) in [5.74, 6) is 3.21. The Morgan fingerprint density at radius 3 is 3.00 bits per heavy atom. The van der Waals surface area contributed by atoms with Gasteiger partial charge in [-0.05, 0) is 56.1 Å². The summed E-state index contributed by atoms with van der Waals surface area (Å²) in [6.45, 7) is 2.58. The lowest BCUT2D eigenvalue weighted by Gasteiger charge is -2.28. The molecule has 2 aromatic heterocycles. The van der Waals surface area contributed by atoms with Crippen LogP contribution in [0.3, 0.4) is 0 Å². The maximum atomic E-state index is 12.4. The van der Waals surface area contributed by atoms with Crippen LogP contribution in [0.25, 0.3) is 0 Å². The van der Waals surface area contributed by atoms with E-state index in [4.69, 9.17) is 16.0 Å². The van der Waals surface area contributed by atoms with Gasteiger partial charge in [-0.3, -0.25) is 9.48 Å². The first kappa shape index (κ1) is 15.8. The quantitative estimate of drug-likeness (QED) is 0.896. The molecule has 4 rings (SSSR count). The van der Waals surface area contributed by atoms with Gasteiger partial charge in [-0.2, -0.15) is 5.10 Å². The maximum Gasteiger partial charge on any atom is 0.287 e. The van der Waals surface area contributed by atoms with E-state index in [1.807, 2.05) is 6.07 Å². The van der Waals surface area contributed by atoms with Crippen molar-refractivity contribution in [1.82, 2.24) is 15.1 Å². The molecule has 6 heteroatoms. The normalized spacial score (nSPS) is 26.7. The molecule has 5 nitrogen and oxygen atoms in total. The molecule has 4 atom stereocenters. The number of fused-ring (bicyclic) bond motifs is 2. The van der Waals surface area contributed by atoms with Crippen molar-refractivity contribution in [2.75, 3.05) is 0 Å². The van der Waals surface area contributed by atoms with E-state index in [-0.39, 0.29) is 11.9 Å². The highest BCUT2D eigenvalue weighted by atomic mass is 35.5. The summed E-state index contributed by atoms with van der Waals surface area (Å²) in [5, 5.41) is 7.82. The molecular formula is C18H22ClN3O2. The minimum absolute atomic E-state index is 0.130. The van der Waals surface area contributed by atoms with Gasteiger partial charge in [0.2, 0.25) is 0 Å². The molecule has 2 fully saturated rings. The van der Waals surface area contributed by atoms with Crippen molar-refractivity contribution in [3.05, 3.63) is 41.1 Å². The van der Waals surface area contributed by atoms with Gasteiger partial charge in [0.05, 0.1) is 17.8 Å². The number of hydrogen-bond acceptors (Lipinski definition) is 3. The van der Waals surface area contributed by atoms with Crippen LogP contribution in [-0.4, -0.2) is 21.7 Å². The van der Waals surface area contributed by atoms with Crippen molar-refractivity contribution in [3.8, 4) is 0 Å². The van der Waals surface area contributed by atoms with E-state index in [0.717, 1.165) is 11.8 Å². The molecule has 2 saturated carbocycles. The molecule has 0 aliphatic heterocycles. The van der Waals surface area contributed by atoms with E-state index in [1.165, 1.54) is 25.7 Å². The zero-order valence-electron chi connectivity index (χ0n) is 13.7. The number of carbonyl (C=O) groups excluding carboxylic acids is 1. The van der Waals surface area contributed by atoms with Crippen LogP contribution in [-0.2, 0) is 6.54 Å². The summed E-state index contributed by atoms with van der Waals surface area (Å²) in [7, 11) is 0. The lowest BCUT2D eigenvalue weighted by atomic mass is 9.84. The van der Waals surface area contributed by atoms with Gasteiger partial charge >= 0.3 is 0 Å². The van der Waals surface area contributed by atoms with Gasteiger partial charge in [0.15, 0.2) is 5.76 Å². The fourth-order valence-corrected chi connectivity index (χ4v) is 4.62. The summed E-state index contributed by atoms with van der Waals surface area (Å²) in [4.78, 5) is 12.4. The summed E-state index contributed by atoms with van der Waals surface area (Å²) in [5.41, 5.74) is 0. The molecule has 2 aliphatic carbocycles. The number of carbonyl (C=O) groups is 1. The lowest BCUT2D eigenvalue weighted by molar-refractivity contribution is 0.0885. The van der Waals surface area contributed by atoms with Crippen LogP contribution >= 0.6 is 11.6 Å². The van der Waals surface area contributed by atoms with Crippen LogP contribution < -0.4 is 5.32 Å².